The summed E-state index contributed by atoms with van der Waals surface area (Å²) in [6, 6.07) is 40.9. The minimum atomic E-state index is -0.255. The number of thiophene rings is 2. The van der Waals surface area contributed by atoms with Crippen LogP contribution in [0.25, 0.3) is 79.8 Å². The van der Waals surface area contributed by atoms with Gasteiger partial charge < -0.3 is 0 Å². The van der Waals surface area contributed by atoms with Crippen molar-refractivity contribution in [3.05, 3.63) is 127 Å². The average Bonchev–Trinajstić information content (AvgIpc) is 3.73. The number of fused-ring (bicyclic) bond motifs is 7. The van der Waals surface area contributed by atoms with E-state index in [0.29, 0.717) is 15.9 Å². The number of rotatable bonds is 3. The van der Waals surface area contributed by atoms with Crippen molar-refractivity contribution >= 4 is 74.2 Å². The SMILES string of the molecule is Fc1cc(-c2ccccc2)nc2c1sc1c(-c3nc4ccccc4n3-c3ccc4sc5ccccc5c4c3)cccc12. The van der Waals surface area contributed by atoms with Gasteiger partial charge in [-0.1, -0.05) is 72.8 Å². The molecule has 5 aromatic carbocycles. The maximum atomic E-state index is 15.6. The Morgan fingerprint density at radius 2 is 1.38 bits per heavy atom. The second-order valence-electron chi connectivity index (χ2n) is 10.4. The van der Waals surface area contributed by atoms with Gasteiger partial charge in [-0.25, -0.2) is 14.4 Å². The molecule has 0 amide bonds. The summed E-state index contributed by atoms with van der Waals surface area (Å²) < 4.78 is 21.9. The number of benzene rings is 5. The molecule has 9 aromatic rings. The van der Waals surface area contributed by atoms with Crippen molar-refractivity contribution in [2.75, 3.05) is 0 Å². The largest absolute Gasteiger partial charge is 0.292 e. The van der Waals surface area contributed by atoms with Crippen LogP contribution in [0.4, 0.5) is 4.39 Å². The van der Waals surface area contributed by atoms with E-state index >= 15 is 4.39 Å². The van der Waals surface area contributed by atoms with Crippen LogP contribution in [0.1, 0.15) is 0 Å². The number of pyridine rings is 1. The van der Waals surface area contributed by atoms with Crippen LogP contribution in [0.3, 0.4) is 0 Å². The lowest BCUT2D eigenvalue weighted by Gasteiger charge is -2.11. The molecule has 3 nitrogen and oxygen atoms in total. The van der Waals surface area contributed by atoms with E-state index in [1.807, 2.05) is 72.0 Å². The molecule has 9 rings (SSSR count). The molecule has 0 aliphatic rings. The molecule has 0 radical (unpaired) electrons. The molecule has 4 aromatic heterocycles. The van der Waals surface area contributed by atoms with Gasteiger partial charge in [0.25, 0.3) is 0 Å². The minimum absolute atomic E-state index is 0.255. The fourth-order valence-corrected chi connectivity index (χ4v) is 8.21. The molecule has 42 heavy (non-hydrogen) atoms. The first-order chi connectivity index (χ1) is 20.7. The molecule has 0 bridgehead atoms. The van der Waals surface area contributed by atoms with Crippen molar-refractivity contribution in [2.45, 2.75) is 0 Å². The Labute approximate surface area is 247 Å². The van der Waals surface area contributed by atoms with Crippen molar-refractivity contribution < 1.29 is 4.39 Å². The van der Waals surface area contributed by atoms with Crippen LogP contribution in [0, 0.1) is 5.82 Å². The Bertz CT molecular complexity index is 2490. The van der Waals surface area contributed by atoms with E-state index in [1.165, 1.54) is 31.5 Å². The predicted molar refractivity (Wildman–Crippen MR) is 175 cm³/mol. The van der Waals surface area contributed by atoms with E-state index in [2.05, 4.69) is 59.2 Å². The van der Waals surface area contributed by atoms with E-state index in [4.69, 9.17) is 9.97 Å². The first-order valence-corrected chi connectivity index (χ1v) is 15.3. The first-order valence-electron chi connectivity index (χ1n) is 13.7. The quantitative estimate of drug-likeness (QED) is 0.209. The van der Waals surface area contributed by atoms with Crippen LogP contribution in [0.2, 0.25) is 0 Å². The molecule has 6 heteroatoms. The molecule has 0 N–H and O–H groups in total. The molecule has 0 aliphatic heterocycles. The highest BCUT2D eigenvalue weighted by Crippen LogP contribution is 2.43. The summed E-state index contributed by atoms with van der Waals surface area (Å²) in [5, 5.41) is 3.42. The van der Waals surface area contributed by atoms with E-state index in [-0.39, 0.29) is 5.82 Å². The van der Waals surface area contributed by atoms with E-state index in [9.17, 15) is 0 Å². The summed E-state index contributed by atoms with van der Waals surface area (Å²) in [4.78, 5) is 10.1. The summed E-state index contributed by atoms with van der Waals surface area (Å²) >= 11 is 3.26. The van der Waals surface area contributed by atoms with Crippen LogP contribution in [-0.4, -0.2) is 14.5 Å². The van der Waals surface area contributed by atoms with Crippen molar-refractivity contribution in [1.29, 1.82) is 0 Å². The number of imidazole rings is 1. The lowest BCUT2D eigenvalue weighted by atomic mass is 10.1. The number of halogens is 1. The minimum Gasteiger partial charge on any atom is -0.292 e. The molecule has 4 heterocycles. The molecule has 0 spiro atoms. The summed E-state index contributed by atoms with van der Waals surface area (Å²) in [5.74, 6) is 0.574. The number of para-hydroxylation sites is 2. The zero-order valence-electron chi connectivity index (χ0n) is 22.1. The van der Waals surface area contributed by atoms with Gasteiger partial charge >= 0.3 is 0 Å². The topological polar surface area (TPSA) is 30.7 Å². The van der Waals surface area contributed by atoms with Crippen LogP contribution in [-0.2, 0) is 0 Å². The monoisotopic (exact) mass is 577 g/mol. The molecule has 0 unspecified atom stereocenters. The van der Waals surface area contributed by atoms with Gasteiger partial charge in [-0.05, 0) is 42.5 Å². The molecule has 0 saturated carbocycles. The zero-order valence-corrected chi connectivity index (χ0v) is 23.7. The second-order valence-corrected chi connectivity index (χ2v) is 12.5. The fraction of sp³-hybridized carbons (Fsp3) is 0. The van der Waals surface area contributed by atoms with E-state index < -0.39 is 0 Å². The average molecular weight is 578 g/mol. The number of hydrogen-bond donors (Lipinski definition) is 0. The summed E-state index contributed by atoms with van der Waals surface area (Å²) in [5.41, 5.74) is 6.16. The van der Waals surface area contributed by atoms with Gasteiger partial charge in [-0.2, -0.15) is 0 Å². The standard InChI is InChI=1S/C36H20FN3S2/c37-27-20-29(21-9-2-1-3-10-21)38-33-24-12-8-13-25(34(24)42-35(27)33)36-39-28-14-5-6-15-30(28)40(36)22-17-18-32-26(19-22)23-11-4-7-16-31(23)41-32/h1-20H. The Morgan fingerprint density at radius 3 is 2.31 bits per heavy atom. The first kappa shape index (κ1) is 23.8. The van der Waals surface area contributed by atoms with Crippen LogP contribution in [0.15, 0.2) is 121 Å². The van der Waals surface area contributed by atoms with Gasteiger partial charge in [0.05, 0.1) is 26.9 Å². The summed E-state index contributed by atoms with van der Waals surface area (Å²) in [6.45, 7) is 0. The third-order valence-electron chi connectivity index (χ3n) is 7.89. The molecule has 0 fully saturated rings. The Balaban J connectivity index is 1.32. The maximum Gasteiger partial charge on any atom is 0.147 e. The van der Waals surface area contributed by atoms with Gasteiger partial charge in [0.2, 0.25) is 0 Å². The highest BCUT2D eigenvalue weighted by atomic mass is 32.1. The number of hydrogen-bond acceptors (Lipinski definition) is 4. The smallest absolute Gasteiger partial charge is 0.147 e. The van der Waals surface area contributed by atoms with Gasteiger partial charge in [0, 0.05) is 53.1 Å². The molecule has 198 valence electrons. The lowest BCUT2D eigenvalue weighted by molar-refractivity contribution is 0.641. The highest BCUT2D eigenvalue weighted by Gasteiger charge is 2.21. The van der Waals surface area contributed by atoms with Crippen molar-refractivity contribution in [2.24, 2.45) is 0 Å². The fourth-order valence-electron chi connectivity index (χ4n) is 5.97. The Morgan fingerprint density at radius 1 is 0.595 bits per heavy atom. The van der Waals surface area contributed by atoms with Crippen molar-refractivity contribution in [3.63, 3.8) is 0 Å². The molecule has 0 atom stereocenters. The Kier molecular flexibility index (Phi) is 5.12. The normalized spacial score (nSPS) is 11.9. The van der Waals surface area contributed by atoms with Gasteiger partial charge in [0.1, 0.15) is 11.6 Å². The maximum absolute atomic E-state index is 15.6. The molecule has 0 aliphatic carbocycles. The van der Waals surface area contributed by atoms with Crippen LogP contribution >= 0.6 is 22.7 Å². The highest BCUT2D eigenvalue weighted by molar-refractivity contribution is 7.26. The second kappa shape index (κ2) is 9.05. The number of aromatic nitrogens is 3. The van der Waals surface area contributed by atoms with Gasteiger partial charge in [-0.15, -0.1) is 22.7 Å². The van der Waals surface area contributed by atoms with E-state index in [1.54, 1.807) is 6.07 Å². The third-order valence-corrected chi connectivity index (χ3v) is 10.3. The molecular formula is C36H20FN3S2. The van der Waals surface area contributed by atoms with E-state index in [0.717, 1.165) is 43.8 Å². The van der Waals surface area contributed by atoms with Crippen LogP contribution in [0.5, 0.6) is 0 Å². The summed E-state index contributed by atoms with van der Waals surface area (Å²) in [7, 11) is 0. The van der Waals surface area contributed by atoms with Crippen molar-refractivity contribution in [1.82, 2.24) is 14.5 Å². The zero-order chi connectivity index (χ0) is 27.8. The van der Waals surface area contributed by atoms with Crippen molar-refractivity contribution in [3.8, 4) is 28.3 Å². The molecular weight excluding hydrogens is 558 g/mol. The predicted octanol–water partition coefficient (Wildman–Crippen LogP) is 10.6. The molecule has 0 saturated heterocycles. The Hall–Kier alpha value is -4.91. The van der Waals surface area contributed by atoms with Crippen LogP contribution < -0.4 is 0 Å². The van der Waals surface area contributed by atoms with Gasteiger partial charge in [0.15, 0.2) is 0 Å². The lowest BCUT2D eigenvalue weighted by Crippen LogP contribution is -1.97. The third kappa shape index (κ3) is 3.49. The van der Waals surface area contributed by atoms with Gasteiger partial charge in [-0.3, -0.25) is 4.57 Å². The summed E-state index contributed by atoms with van der Waals surface area (Å²) in [6.07, 6.45) is 0. The number of nitrogens with zero attached hydrogens (tertiary/aromatic N) is 3.